The van der Waals surface area contributed by atoms with Gasteiger partial charge >= 0.3 is 0 Å². The average molecular weight is 293 g/mol. The summed E-state index contributed by atoms with van der Waals surface area (Å²) in [5.41, 5.74) is 10.8. The van der Waals surface area contributed by atoms with E-state index in [0.29, 0.717) is 10.7 Å². The normalized spacial score (nSPS) is 10.8. The van der Waals surface area contributed by atoms with E-state index >= 15 is 0 Å². The maximum absolute atomic E-state index is 6.04. The molecule has 4 nitrogen and oxygen atoms in total. The Bertz CT molecular complexity index is 604. The van der Waals surface area contributed by atoms with E-state index in [1.54, 1.807) is 0 Å². The highest BCUT2D eigenvalue weighted by Gasteiger charge is 2.04. The first-order chi connectivity index (χ1) is 9.47. The van der Waals surface area contributed by atoms with E-state index in [2.05, 4.69) is 23.4 Å². The third kappa shape index (κ3) is 3.45. The smallest absolute Gasteiger partial charge is 0.0656 e. The van der Waals surface area contributed by atoms with Crippen molar-refractivity contribution >= 4 is 23.0 Å². The Hall–Kier alpha value is -1.68. The minimum atomic E-state index is 0.594. The number of rotatable bonds is 5. The van der Waals surface area contributed by atoms with Gasteiger partial charge in [0.15, 0.2) is 0 Å². The number of aromatic nitrogens is 2. The van der Waals surface area contributed by atoms with E-state index in [1.807, 2.05) is 30.7 Å². The van der Waals surface area contributed by atoms with Gasteiger partial charge in [0.05, 0.1) is 16.4 Å². The van der Waals surface area contributed by atoms with Crippen LogP contribution in [-0.4, -0.2) is 16.3 Å². The molecule has 0 saturated carbocycles. The highest BCUT2D eigenvalue weighted by molar-refractivity contribution is 6.33. The summed E-state index contributed by atoms with van der Waals surface area (Å²) in [5, 5.41) is 8.44. The molecule has 108 valence electrons. The number of hydrogen-bond acceptors (Lipinski definition) is 3. The van der Waals surface area contributed by atoms with Gasteiger partial charge in [-0.15, -0.1) is 0 Å². The van der Waals surface area contributed by atoms with Crippen LogP contribution in [0.25, 0.3) is 0 Å². The van der Waals surface area contributed by atoms with Crippen LogP contribution in [0.2, 0.25) is 5.02 Å². The average Bonchev–Trinajstić information content (AvgIpc) is 2.69. The molecular weight excluding hydrogens is 272 g/mol. The number of nitrogens with one attached hydrogen (secondary N) is 1. The molecule has 0 fully saturated rings. The van der Waals surface area contributed by atoms with Gasteiger partial charge in [-0.25, -0.2) is 0 Å². The van der Waals surface area contributed by atoms with Crippen LogP contribution in [0.5, 0.6) is 0 Å². The molecule has 2 rings (SSSR count). The molecule has 0 atom stereocenters. The van der Waals surface area contributed by atoms with Crippen molar-refractivity contribution in [2.75, 3.05) is 17.6 Å². The molecule has 20 heavy (non-hydrogen) atoms. The van der Waals surface area contributed by atoms with E-state index in [1.165, 1.54) is 5.69 Å². The zero-order valence-electron chi connectivity index (χ0n) is 12.2. The van der Waals surface area contributed by atoms with Crippen molar-refractivity contribution in [1.82, 2.24) is 9.78 Å². The Morgan fingerprint density at radius 2 is 2.00 bits per heavy atom. The van der Waals surface area contributed by atoms with Crippen LogP contribution in [-0.2, 0) is 6.54 Å². The molecule has 0 aliphatic rings. The van der Waals surface area contributed by atoms with Gasteiger partial charge in [-0.1, -0.05) is 11.6 Å². The number of aryl methyl sites for hydroxylation is 4. The molecule has 0 unspecified atom stereocenters. The molecule has 3 N–H and O–H groups in total. The van der Waals surface area contributed by atoms with Gasteiger partial charge in [0.1, 0.15) is 0 Å². The summed E-state index contributed by atoms with van der Waals surface area (Å²) < 4.78 is 2.04. The molecule has 1 aromatic heterocycles. The second-order valence-electron chi connectivity index (χ2n) is 5.12. The Kier molecular flexibility index (Phi) is 4.55. The van der Waals surface area contributed by atoms with Crippen LogP contribution < -0.4 is 11.1 Å². The molecule has 1 heterocycles. The van der Waals surface area contributed by atoms with Gasteiger partial charge in [-0.2, -0.15) is 5.10 Å². The van der Waals surface area contributed by atoms with Gasteiger partial charge in [0, 0.05) is 24.5 Å². The third-order valence-electron chi connectivity index (χ3n) is 3.31. The molecular formula is C15H21ClN4. The summed E-state index contributed by atoms with van der Waals surface area (Å²) in [6, 6.07) is 5.87. The van der Waals surface area contributed by atoms with Gasteiger partial charge in [-0.3, -0.25) is 4.68 Å². The first-order valence-corrected chi connectivity index (χ1v) is 7.15. The van der Waals surface area contributed by atoms with Gasteiger partial charge in [-0.05, 0) is 51.0 Å². The van der Waals surface area contributed by atoms with Crippen LogP contribution in [0, 0.1) is 20.8 Å². The molecule has 0 amide bonds. The van der Waals surface area contributed by atoms with Crippen molar-refractivity contribution in [1.29, 1.82) is 0 Å². The summed E-state index contributed by atoms with van der Waals surface area (Å²) in [5.74, 6) is 0. The number of nitrogens with zero attached hydrogens (tertiary/aromatic N) is 2. The number of halogens is 1. The van der Waals surface area contributed by atoms with Crippen molar-refractivity contribution in [2.24, 2.45) is 0 Å². The van der Waals surface area contributed by atoms with Crippen LogP contribution in [0.1, 0.15) is 23.4 Å². The van der Waals surface area contributed by atoms with Crippen molar-refractivity contribution in [3.8, 4) is 0 Å². The molecule has 0 saturated heterocycles. The predicted octanol–water partition coefficient (Wildman–Crippen LogP) is 3.55. The van der Waals surface area contributed by atoms with Gasteiger partial charge < -0.3 is 11.1 Å². The number of nitrogens with two attached hydrogens (primary N) is 1. The topological polar surface area (TPSA) is 55.9 Å². The van der Waals surface area contributed by atoms with E-state index in [0.717, 1.165) is 36.5 Å². The minimum Gasteiger partial charge on any atom is -0.398 e. The Balaban J connectivity index is 1.87. The Morgan fingerprint density at radius 3 is 2.65 bits per heavy atom. The Morgan fingerprint density at radius 1 is 1.25 bits per heavy atom. The SMILES string of the molecule is Cc1cc(C)n(CCCNc2cc(Cl)c(N)cc2C)n1. The van der Waals surface area contributed by atoms with Crippen molar-refractivity contribution in [2.45, 2.75) is 33.7 Å². The lowest BCUT2D eigenvalue weighted by atomic mass is 10.1. The second kappa shape index (κ2) is 6.18. The lowest BCUT2D eigenvalue weighted by molar-refractivity contribution is 0.573. The third-order valence-corrected chi connectivity index (χ3v) is 3.64. The molecule has 5 heteroatoms. The summed E-state index contributed by atoms with van der Waals surface area (Å²) in [6.07, 6.45) is 1.00. The summed E-state index contributed by atoms with van der Waals surface area (Å²) in [4.78, 5) is 0. The summed E-state index contributed by atoms with van der Waals surface area (Å²) in [7, 11) is 0. The number of hydrogen-bond donors (Lipinski definition) is 2. The van der Waals surface area contributed by atoms with Crippen LogP contribution in [0.4, 0.5) is 11.4 Å². The van der Waals surface area contributed by atoms with E-state index < -0.39 is 0 Å². The summed E-state index contributed by atoms with van der Waals surface area (Å²) in [6.45, 7) is 7.91. The fraction of sp³-hybridized carbons (Fsp3) is 0.400. The number of anilines is 2. The predicted molar refractivity (Wildman–Crippen MR) is 85.4 cm³/mol. The van der Waals surface area contributed by atoms with Gasteiger partial charge in [0.25, 0.3) is 0 Å². The zero-order valence-corrected chi connectivity index (χ0v) is 13.0. The molecule has 0 aliphatic carbocycles. The second-order valence-corrected chi connectivity index (χ2v) is 5.53. The number of nitrogen functional groups attached to an aromatic ring is 1. The monoisotopic (exact) mass is 292 g/mol. The van der Waals surface area contributed by atoms with E-state index in [4.69, 9.17) is 17.3 Å². The molecule has 2 aromatic rings. The van der Waals surface area contributed by atoms with Crippen LogP contribution in [0.3, 0.4) is 0 Å². The Labute approximate surface area is 124 Å². The highest BCUT2D eigenvalue weighted by atomic mass is 35.5. The number of benzene rings is 1. The minimum absolute atomic E-state index is 0.594. The highest BCUT2D eigenvalue weighted by Crippen LogP contribution is 2.26. The zero-order chi connectivity index (χ0) is 14.7. The fourth-order valence-electron chi connectivity index (χ4n) is 2.25. The van der Waals surface area contributed by atoms with Crippen molar-refractivity contribution < 1.29 is 0 Å². The first-order valence-electron chi connectivity index (χ1n) is 6.78. The lowest BCUT2D eigenvalue weighted by Gasteiger charge is -2.12. The molecule has 0 radical (unpaired) electrons. The van der Waals surface area contributed by atoms with Crippen LogP contribution in [0.15, 0.2) is 18.2 Å². The molecule has 1 aromatic carbocycles. The summed E-state index contributed by atoms with van der Waals surface area (Å²) >= 11 is 6.04. The quantitative estimate of drug-likeness (QED) is 0.654. The van der Waals surface area contributed by atoms with E-state index in [-0.39, 0.29) is 0 Å². The standard InChI is InChI=1S/C15H21ClN4/c1-10-7-14(17)13(16)9-15(10)18-5-4-6-20-12(3)8-11(2)19-20/h7-9,18H,4-6,17H2,1-3H3. The molecule has 0 aliphatic heterocycles. The maximum Gasteiger partial charge on any atom is 0.0656 e. The van der Waals surface area contributed by atoms with Crippen LogP contribution >= 0.6 is 11.6 Å². The molecule has 0 spiro atoms. The van der Waals surface area contributed by atoms with E-state index in [9.17, 15) is 0 Å². The maximum atomic E-state index is 6.04. The lowest BCUT2D eigenvalue weighted by Crippen LogP contribution is -2.09. The largest absolute Gasteiger partial charge is 0.398 e. The molecule has 0 bridgehead atoms. The first kappa shape index (κ1) is 14.7. The van der Waals surface area contributed by atoms with Crippen molar-refractivity contribution in [3.05, 3.63) is 40.2 Å². The fourth-order valence-corrected chi connectivity index (χ4v) is 2.41. The van der Waals surface area contributed by atoms with Crippen molar-refractivity contribution in [3.63, 3.8) is 0 Å². The van der Waals surface area contributed by atoms with Gasteiger partial charge in [0.2, 0.25) is 0 Å².